The third-order valence-corrected chi connectivity index (χ3v) is 3.04. The highest BCUT2D eigenvalue weighted by molar-refractivity contribution is 9.10. The van der Waals surface area contributed by atoms with Crippen molar-refractivity contribution in [1.29, 1.82) is 0 Å². The number of pyridine rings is 1. The molecule has 0 spiro atoms. The molecule has 4 heteroatoms. The summed E-state index contributed by atoms with van der Waals surface area (Å²) in [4.78, 5) is 4.22. The lowest BCUT2D eigenvalue weighted by Crippen LogP contribution is -2.00. The van der Waals surface area contributed by atoms with Crippen LogP contribution in [0.15, 0.2) is 41.0 Å². The fraction of sp³-hybridized carbons (Fsp3) is 0.154. The molecule has 1 N–H and O–H groups in total. The van der Waals surface area contributed by atoms with Crippen LogP contribution in [0, 0.1) is 12.7 Å². The van der Waals surface area contributed by atoms with Gasteiger partial charge in [-0.15, -0.1) is 0 Å². The maximum atomic E-state index is 12.9. The van der Waals surface area contributed by atoms with E-state index in [1.54, 1.807) is 6.07 Å². The summed E-state index contributed by atoms with van der Waals surface area (Å²) in [6.45, 7) is 2.62. The Morgan fingerprint density at radius 1 is 1.29 bits per heavy atom. The van der Waals surface area contributed by atoms with Crippen molar-refractivity contribution in [2.75, 3.05) is 5.32 Å². The lowest BCUT2D eigenvalue weighted by atomic mass is 10.2. The van der Waals surface area contributed by atoms with Gasteiger partial charge in [0, 0.05) is 28.6 Å². The topological polar surface area (TPSA) is 24.9 Å². The van der Waals surface area contributed by atoms with Crippen molar-refractivity contribution in [2.24, 2.45) is 0 Å². The Kier molecular flexibility index (Phi) is 3.74. The van der Waals surface area contributed by atoms with E-state index >= 15 is 0 Å². The molecule has 1 heterocycles. The molecular weight excluding hydrogens is 283 g/mol. The molecule has 0 bridgehead atoms. The van der Waals surface area contributed by atoms with Gasteiger partial charge in [-0.05, 0) is 52.7 Å². The summed E-state index contributed by atoms with van der Waals surface area (Å²) in [5.74, 6) is -0.251. The van der Waals surface area contributed by atoms with Crippen LogP contribution in [0.3, 0.4) is 0 Å². The van der Waals surface area contributed by atoms with E-state index < -0.39 is 0 Å². The van der Waals surface area contributed by atoms with Gasteiger partial charge in [-0.1, -0.05) is 6.07 Å². The van der Waals surface area contributed by atoms with Gasteiger partial charge >= 0.3 is 0 Å². The number of hydrogen-bond donors (Lipinski definition) is 1. The van der Waals surface area contributed by atoms with Gasteiger partial charge in [0.15, 0.2) is 0 Å². The average molecular weight is 295 g/mol. The fourth-order valence-corrected chi connectivity index (χ4v) is 1.92. The Balaban J connectivity index is 2.04. The van der Waals surface area contributed by atoms with E-state index in [1.807, 2.05) is 25.3 Å². The summed E-state index contributed by atoms with van der Waals surface area (Å²) in [7, 11) is 0. The smallest absolute Gasteiger partial charge is 0.124 e. The monoisotopic (exact) mass is 294 g/mol. The van der Waals surface area contributed by atoms with Gasteiger partial charge in [0.2, 0.25) is 0 Å². The van der Waals surface area contributed by atoms with Crippen LogP contribution in [0.5, 0.6) is 0 Å². The second-order valence-electron chi connectivity index (χ2n) is 3.79. The van der Waals surface area contributed by atoms with Crippen LogP contribution >= 0.6 is 15.9 Å². The fourth-order valence-electron chi connectivity index (χ4n) is 1.43. The summed E-state index contributed by atoms with van der Waals surface area (Å²) in [5.41, 5.74) is 2.95. The third kappa shape index (κ3) is 3.27. The molecule has 2 nitrogen and oxygen atoms in total. The number of nitrogens with one attached hydrogen (secondary N) is 1. The Hall–Kier alpha value is -1.42. The van der Waals surface area contributed by atoms with E-state index in [2.05, 4.69) is 26.2 Å². The lowest BCUT2D eigenvalue weighted by Gasteiger charge is -2.08. The van der Waals surface area contributed by atoms with E-state index in [0.717, 1.165) is 21.4 Å². The average Bonchev–Trinajstić information content (AvgIpc) is 2.30. The Morgan fingerprint density at radius 3 is 2.76 bits per heavy atom. The molecular formula is C13H12BrFN2. The highest BCUT2D eigenvalue weighted by Gasteiger charge is 2.01. The Bertz CT molecular complexity index is 511. The molecule has 0 aliphatic rings. The van der Waals surface area contributed by atoms with Crippen LogP contribution in [0.4, 0.5) is 10.1 Å². The number of rotatable bonds is 3. The molecule has 0 radical (unpaired) electrons. The van der Waals surface area contributed by atoms with Gasteiger partial charge < -0.3 is 5.32 Å². The number of halogens is 2. The molecule has 1 aromatic heterocycles. The van der Waals surface area contributed by atoms with E-state index in [-0.39, 0.29) is 5.82 Å². The van der Waals surface area contributed by atoms with Crippen LogP contribution < -0.4 is 5.32 Å². The van der Waals surface area contributed by atoms with Crippen molar-refractivity contribution in [1.82, 2.24) is 4.98 Å². The molecule has 88 valence electrons. The molecule has 0 amide bonds. The van der Waals surface area contributed by atoms with E-state index in [9.17, 15) is 4.39 Å². The van der Waals surface area contributed by atoms with Crippen molar-refractivity contribution >= 4 is 21.6 Å². The highest BCUT2D eigenvalue weighted by atomic mass is 79.9. The van der Waals surface area contributed by atoms with Crippen molar-refractivity contribution in [3.05, 3.63) is 58.1 Å². The van der Waals surface area contributed by atoms with Gasteiger partial charge in [-0.2, -0.15) is 0 Å². The molecule has 0 saturated carbocycles. The first-order valence-corrected chi connectivity index (χ1v) is 6.05. The van der Waals surface area contributed by atoms with Crippen molar-refractivity contribution in [2.45, 2.75) is 13.5 Å². The van der Waals surface area contributed by atoms with Crippen LogP contribution in [-0.2, 0) is 6.54 Å². The van der Waals surface area contributed by atoms with Crippen LogP contribution in [0.25, 0.3) is 0 Å². The molecule has 0 aliphatic carbocycles. The number of anilines is 1. The summed E-state index contributed by atoms with van der Waals surface area (Å²) in [6.07, 6.45) is 1.83. The van der Waals surface area contributed by atoms with Gasteiger partial charge in [-0.25, -0.2) is 4.39 Å². The molecule has 0 atom stereocenters. The second kappa shape index (κ2) is 5.27. The largest absolute Gasteiger partial charge is 0.380 e. The maximum absolute atomic E-state index is 12.9. The summed E-state index contributed by atoms with van der Waals surface area (Å²) >= 11 is 3.31. The van der Waals surface area contributed by atoms with E-state index in [0.29, 0.717) is 6.54 Å². The molecule has 2 rings (SSSR count). The minimum absolute atomic E-state index is 0.251. The summed E-state index contributed by atoms with van der Waals surface area (Å²) in [6, 6.07) is 8.57. The molecule has 2 aromatic rings. The first-order chi connectivity index (χ1) is 8.15. The third-order valence-electron chi connectivity index (χ3n) is 2.39. The van der Waals surface area contributed by atoms with Crippen LogP contribution in [0.1, 0.15) is 11.3 Å². The Morgan fingerprint density at radius 2 is 2.12 bits per heavy atom. The van der Waals surface area contributed by atoms with Gasteiger partial charge in [0.05, 0.1) is 0 Å². The number of benzene rings is 1. The van der Waals surface area contributed by atoms with Crippen molar-refractivity contribution in [3.63, 3.8) is 0 Å². The minimum Gasteiger partial charge on any atom is -0.380 e. The first-order valence-electron chi connectivity index (χ1n) is 5.25. The van der Waals surface area contributed by atoms with Crippen LogP contribution in [0.2, 0.25) is 0 Å². The zero-order valence-electron chi connectivity index (χ0n) is 9.37. The van der Waals surface area contributed by atoms with Gasteiger partial charge in [-0.3, -0.25) is 4.98 Å². The van der Waals surface area contributed by atoms with E-state index in [4.69, 9.17) is 0 Å². The SMILES string of the molecule is Cc1ccc(CNc2ccc(F)cc2Br)cn1. The van der Waals surface area contributed by atoms with Crippen molar-refractivity contribution in [3.8, 4) is 0 Å². The second-order valence-corrected chi connectivity index (χ2v) is 4.64. The van der Waals surface area contributed by atoms with Gasteiger partial charge in [0.25, 0.3) is 0 Å². The maximum Gasteiger partial charge on any atom is 0.124 e. The molecule has 0 saturated heterocycles. The predicted molar refractivity (Wildman–Crippen MR) is 70.4 cm³/mol. The predicted octanol–water partition coefficient (Wildman–Crippen LogP) is 3.90. The number of hydrogen-bond acceptors (Lipinski definition) is 2. The van der Waals surface area contributed by atoms with Gasteiger partial charge in [0.1, 0.15) is 5.82 Å². The standard InChI is InChI=1S/C13H12BrFN2/c1-9-2-3-10(7-16-9)8-17-13-5-4-11(15)6-12(13)14/h2-7,17H,8H2,1H3. The molecule has 0 unspecified atom stereocenters. The number of aryl methyl sites for hydroxylation is 1. The summed E-state index contributed by atoms with van der Waals surface area (Å²) < 4.78 is 13.6. The summed E-state index contributed by atoms with van der Waals surface area (Å²) in [5, 5.41) is 3.22. The number of aromatic nitrogens is 1. The highest BCUT2D eigenvalue weighted by Crippen LogP contribution is 2.23. The zero-order valence-corrected chi connectivity index (χ0v) is 11.0. The van der Waals surface area contributed by atoms with Crippen molar-refractivity contribution < 1.29 is 4.39 Å². The molecule has 0 aliphatic heterocycles. The normalized spacial score (nSPS) is 10.3. The molecule has 17 heavy (non-hydrogen) atoms. The lowest BCUT2D eigenvalue weighted by molar-refractivity contribution is 0.627. The number of nitrogens with zero attached hydrogens (tertiary/aromatic N) is 1. The Labute approximate surface area is 108 Å². The van der Waals surface area contributed by atoms with Crippen LogP contribution in [-0.4, -0.2) is 4.98 Å². The minimum atomic E-state index is -0.251. The van der Waals surface area contributed by atoms with E-state index in [1.165, 1.54) is 12.1 Å². The quantitative estimate of drug-likeness (QED) is 0.928. The first kappa shape index (κ1) is 12.0. The zero-order chi connectivity index (χ0) is 12.3. The molecule has 1 aromatic carbocycles. The molecule has 0 fully saturated rings.